The third kappa shape index (κ3) is 4.13. The third-order valence-electron chi connectivity index (χ3n) is 2.95. The van der Waals surface area contributed by atoms with E-state index in [1.54, 1.807) is 39.8 Å². The molecule has 0 radical (unpaired) electrons. The molecule has 2 aromatic rings. The van der Waals surface area contributed by atoms with E-state index < -0.39 is 17.5 Å². The van der Waals surface area contributed by atoms with E-state index in [4.69, 9.17) is 19.7 Å². The van der Waals surface area contributed by atoms with Gasteiger partial charge in [-0.25, -0.2) is 9.59 Å². The topological polar surface area (TPSA) is 105 Å². The second kappa shape index (κ2) is 6.74. The van der Waals surface area contributed by atoms with Crippen molar-refractivity contribution in [1.82, 2.24) is 5.16 Å². The summed E-state index contributed by atoms with van der Waals surface area (Å²) in [5.74, 6) is -0.728. The Labute approximate surface area is 139 Å². The molecular weight excluding hydrogens is 312 g/mol. The molecule has 2 N–H and O–H groups in total. The molecule has 1 aromatic carbocycles. The van der Waals surface area contributed by atoms with Crippen LogP contribution in [-0.4, -0.2) is 29.3 Å². The first-order chi connectivity index (χ1) is 11.2. The predicted molar refractivity (Wildman–Crippen MR) is 87.5 cm³/mol. The molecule has 24 heavy (non-hydrogen) atoms. The smallest absolute Gasteiger partial charge is 0.360 e. The van der Waals surface area contributed by atoms with Crippen molar-refractivity contribution in [2.75, 3.05) is 12.3 Å². The summed E-state index contributed by atoms with van der Waals surface area (Å²) in [5.41, 5.74) is 6.61. The van der Waals surface area contributed by atoms with E-state index in [1.165, 1.54) is 12.1 Å². The van der Waals surface area contributed by atoms with E-state index in [9.17, 15) is 9.59 Å². The Kier molecular flexibility index (Phi) is 4.92. The molecule has 7 heteroatoms. The number of rotatable bonds is 4. The fourth-order valence-corrected chi connectivity index (χ4v) is 1.95. The summed E-state index contributed by atoms with van der Waals surface area (Å²) in [4.78, 5) is 23.7. The number of hydrogen-bond acceptors (Lipinski definition) is 7. The number of carbonyl (C=O) groups is 2. The maximum atomic E-state index is 12.1. The number of nitrogen functional groups attached to an aromatic ring is 1. The van der Waals surface area contributed by atoms with Crippen LogP contribution in [0.15, 0.2) is 28.8 Å². The number of esters is 2. The quantitative estimate of drug-likeness (QED) is 0.677. The van der Waals surface area contributed by atoms with Crippen molar-refractivity contribution in [3.05, 3.63) is 35.5 Å². The second-order valence-corrected chi connectivity index (χ2v) is 6.10. The van der Waals surface area contributed by atoms with Gasteiger partial charge in [-0.05, 0) is 45.9 Å². The zero-order valence-electron chi connectivity index (χ0n) is 14.1. The van der Waals surface area contributed by atoms with Gasteiger partial charge in [-0.1, -0.05) is 5.16 Å². The van der Waals surface area contributed by atoms with Gasteiger partial charge in [0, 0.05) is 17.3 Å². The number of anilines is 1. The molecular formula is C17H20N2O5. The molecule has 0 bridgehead atoms. The average molecular weight is 332 g/mol. The van der Waals surface area contributed by atoms with Crippen LogP contribution in [-0.2, 0) is 9.47 Å². The van der Waals surface area contributed by atoms with Crippen LogP contribution < -0.4 is 5.73 Å². The first-order valence-electron chi connectivity index (χ1n) is 7.48. The minimum Gasteiger partial charge on any atom is -0.461 e. The van der Waals surface area contributed by atoms with Crippen LogP contribution in [0.1, 0.15) is 48.5 Å². The van der Waals surface area contributed by atoms with Gasteiger partial charge in [-0.3, -0.25) is 0 Å². The minimum absolute atomic E-state index is 0.0578. The van der Waals surface area contributed by atoms with Crippen molar-refractivity contribution in [2.24, 2.45) is 0 Å². The zero-order chi connectivity index (χ0) is 17.9. The Bertz CT molecular complexity index is 759. The lowest BCUT2D eigenvalue weighted by Gasteiger charge is -2.19. The Hall–Kier alpha value is -2.83. The summed E-state index contributed by atoms with van der Waals surface area (Å²) in [6.07, 6.45) is 0. The largest absolute Gasteiger partial charge is 0.461 e. The van der Waals surface area contributed by atoms with Gasteiger partial charge in [-0.15, -0.1) is 0 Å². The number of nitrogens with two attached hydrogens (primary N) is 1. The molecule has 128 valence electrons. The van der Waals surface area contributed by atoms with Gasteiger partial charge in [0.15, 0.2) is 11.5 Å². The van der Waals surface area contributed by atoms with Crippen molar-refractivity contribution in [1.29, 1.82) is 0 Å². The van der Waals surface area contributed by atoms with Crippen LogP contribution in [0.2, 0.25) is 0 Å². The number of ether oxygens (including phenoxy) is 2. The maximum absolute atomic E-state index is 12.1. The predicted octanol–water partition coefficient (Wildman–Crippen LogP) is 3.06. The van der Waals surface area contributed by atoms with Crippen LogP contribution in [0.5, 0.6) is 0 Å². The molecule has 0 aliphatic carbocycles. The van der Waals surface area contributed by atoms with Crippen molar-refractivity contribution in [2.45, 2.75) is 33.3 Å². The first kappa shape index (κ1) is 17.5. The molecule has 0 saturated carbocycles. The van der Waals surface area contributed by atoms with Gasteiger partial charge < -0.3 is 19.7 Å². The summed E-state index contributed by atoms with van der Waals surface area (Å²) in [5, 5.41) is 3.66. The lowest BCUT2D eigenvalue weighted by Crippen LogP contribution is -2.23. The maximum Gasteiger partial charge on any atom is 0.360 e. The highest BCUT2D eigenvalue weighted by molar-refractivity contribution is 5.93. The fraction of sp³-hybridized carbons (Fsp3) is 0.353. The van der Waals surface area contributed by atoms with Gasteiger partial charge in [0.05, 0.1) is 12.2 Å². The van der Waals surface area contributed by atoms with Crippen LogP contribution in [0.3, 0.4) is 0 Å². The third-order valence-corrected chi connectivity index (χ3v) is 2.95. The van der Waals surface area contributed by atoms with Gasteiger partial charge in [-0.2, -0.15) is 0 Å². The number of nitrogens with zero attached hydrogens (tertiary/aromatic N) is 1. The SMILES string of the molecule is CCOC(=O)c1cc(-c2ccc(C(=O)OC(C)(C)C)cc2N)on1. The highest BCUT2D eigenvalue weighted by Gasteiger charge is 2.20. The van der Waals surface area contributed by atoms with E-state index in [2.05, 4.69) is 5.16 Å². The normalized spacial score (nSPS) is 11.2. The molecule has 0 unspecified atom stereocenters. The summed E-state index contributed by atoms with van der Waals surface area (Å²) in [6, 6.07) is 6.13. The number of aromatic nitrogens is 1. The highest BCUT2D eigenvalue weighted by Crippen LogP contribution is 2.28. The average Bonchev–Trinajstić information content (AvgIpc) is 2.95. The van der Waals surface area contributed by atoms with E-state index >= 15 is 0 Å². The standard InChI is InChI=1S/C17H20N2O5/c1-5-22-16(21)13-9-14(24-19-13)11-7-6-10(8-12(11)18)15(20)23-17(2,3)4/h6-9H,5,18H2,1-4H3. The Morgan fingerprint density at radius 1 is 1.21 bits per heavy atom. The van der Waals surface area contributed by atoms with Crippen LogP contribution in [0.25, 0.3) is 11.3 Å². The summed E-state index contributed by atoms with van der Waals surface area (Å²) in [7, 11) is 0. The molecule has 0 saturated heterocycles. The Morgan fingerprint density at radius 3 is 2.50 bits per heavy atom. The fourth-order valence-electron chi connectivity index (χ4n) is 1.95. The molecule has 1 heterocycles. The molecule has 1 aromatic heterocycles. The van der Waals surface area contributed by atoms with Gasteiger partial charge in [0.25, 0.3) is 0 Å². The minimum atomic E-state index is -0.593. The molecule has 0 spiro atoms. The zero-order valence-corrected chi connectivity index (χ0v) is 14.1. The van der Waals surface area contributed by atoms with E-state index in [0.29, 0.717) is 22.6 Å². The molecule has 0 amide bonds. The molecule has 7 nitrogen and oxygen atoms in total. The van der Waals surface area contributed by atoms with E-state index in [0.717, 1.165) is 0 Å². The van der Waals surface area contributed by atoms with Gasteiger partial charge >= 0.3 is 11.9 Å². The lowest BCUT2D eigenvalue weighted by molar-refractivity contribution is 0.00693. The first-order valence-corrected chi connectivity index (χ1v) is 7.48. The van der Waals surface area contributed by atoms with Crippen LogP contribution in [0, 0.1) is 0 Å². The number of benzene rings is 1. The lowest BCUT2D eigenvalue weighted by atomic mass is 10.1. The van der Waals surface area contributed by atoms with Crippen molar-refractivity contribution in [3.8, 4) is 11.3 Å². The molecule has 0 aliphatic heterocycles. The van der Waals surface area contributed by atoms with Crippen LogP contribution >= 0.6 is 0 Å². The number of hydrogen-bond donors (Lipinski definition) is 1. The summed E-state index contributed by atoms with van der Waals surface area (Å²) < 4.78 is 15.3. The summed E-state index contributed by atoms with van der Waals surface area (Å²) in [6.45, 7) is 7.30. The van der Waals surface area contributed by atoms with Gasteiger partial charge in [0.2, 0.25) is 0 Å². The second-order valence-electron chi connectivity index (χ2n) is 6.10. The molecule has 0 atom stereocenters. The highest BCUT2D eigenvalue weighted by atomic mass is 16.6. The van der Waals surface area contributed by atoms with Crippen molar-refractivity contribution >= 4 is 17.6 Å². The molecule has 0 fully saturated rings. The Morgan fingerprint density at radius 2 is 1.92 bits per heavy atom. The van der Waals surface area contributed by atoms with Gasteiger partial charge in [0.1, 0.15) is 5.60 Å². The summed E-state index contributed by atoms with van der Waals surface area (Å²) >= 11 is 0. The number of carbonyl (C=O) groups excluding carboxylic acids is 2. The van der Waals surface area contributed by atoms with Crippen LogP contribution in [0.4, 0.5) is 5.69 Å². The van der Waals surface area contributed by atoms with E-state index in [1.807, 2.05) is 0 Å². The van der Waals surface area contributed by atoms with E-state index in [-0.39, 0.29) is 12.3 Å². The molecule has 2 rings (SSSR count). The van der Waals surface area contributed by atoms with Crippen molar-refractivity contribution in [3.63, 3.8) is 0 Å². The Balaban J connectivity index is 2.24. The monoisotopic (exact) mass is 332 g/mol. The molecule has 0 aliphatic rings. The van der Waals surface area contributed by atoms with Crippen molar-refractivity contribution < 1.29 is 23.6 Å².